The van der Waals surface area contributed by atoms with Crippen molar-refractivity contribution in [1.82, 2.24) is 10.2 Å². The Morgan fingerprint density at radius 1 is 1.59 bits per heavy atom. The Kier molecular flexibility index (Phi) is 4.30. The number of urea groups is 1. The van der Waals surface area contributed by atoms with Crippen molar-refractivity contribution in [1.29, 1.82) is 0 Å². The number of amides is 2. The van der Waals surface area contributed by atoms with Crippen LogP contribution in [0.5, 0.6) is 0 Å². The molecule has 5 N–H and O–H groups in total. The number of carboxylic acid groups (broad SMARTS) is 1. The molecule has 7 nitrogen and oxygen atoms in total. The summed E-state index contributed by atoms with van der Waals surface area (Å²) in [5.74, 6) is -1.37. The summed E-state index contributed by atoms with van der Waals surface area (Å²) in [5.41, 5.74) is 3.78. The summed E-state index contributed by atoms with van der Waals surface area (Å²) in [6.07, 6.45) is 1.72. The standard InChI is InChI=1S/C10H19N3O4/c1-10(17,8(14)15)6-12-9(16)13-4-2-3-7(11)5-13/h7,17H,2-6,11H2,1H3,(H,12,16)(H,14,15). The number of nitrogens with two attached hydrogens (primary N) is 1. The molecule has 0 spiro atoms. The molecule has 1 fully saturated rings. The quantitative estimate of drug-likeness (QED) is 0.506. The van der Waals surface area contributed by atoms with Gasteiger partial charge in [-0.2, -0.15) is 0 Å². The summed E-state index contributed by atoms with van der Waals surface area (Å²) in [6, 6.07) is -0.420. The van der Waals surface area contributed by atoms with Crippen molar-refractivity contribution in [3.8, 4) is 0 Å². The first-order valence-electron chi connectivity index (χ1n) is 5.57. The van der Waals surface area contributed by atoms with E-state index in [1.165, 1.54) is 4.90 Å². The number of nitrogens with zero attached hydrogens (tertiary/aromatic N) is 1. The maximum absolute atomic E-state index is 11.7. The van der Waals surface area contributed by atoms with Gasteiger partial charge < -0.3 is 26.2 Å². The van der Waals surface area contributed by atoms with Crippen LogP contribution in [0.15, 0.2) is 0 Å². The highest BCUT2D eigenvalue weighted by Gasteiger charge is 2.31. The van der Waals surface area contributed by atoms with Crippen molar-refractivity contribution < 1.29 is 19.8 Å². The number of hydrogen-bond donors (Lipinski definition) is 4. The minimum absolute atomic E-state index is 0.0329. The van der Waals surface area contributed by atoms with E-state index in [-0.39, 0.29) is 18.6 Å². The highest BCUT2D eigenvalue weighted by Crippen LogP contribution is 2.08. The third kappa shape index (κ3) is 3.86. The molecule has 0 aromatic rings. The maximum Gasteiger partial charge on any atom is 0.337 e. The third-order valence-electron chi connectivity index (χ3n) is 2.79. The van der Waals surface area contributed by atoms with Gasteiger partial charge in [-0.25, -0.2) is 9.59 Å². The second-order valence-electron chi connectivity index (χ2n) is 4.59. The van der Waals surface area contributed by atoms with Crippen LogP contribution in [0.25, 0.3) is 0 Å². The fraction of sp³-hybridized carbons (Fsp3) is 0.800. The monoisotopic (exact) mass is 245 g/mol. The van der Waals surface area contributed by atoms with Crippen molar-refractivity contribution >= 4 is 12.0 Å². The lowest BCUT2D eigenvalue weighted by Crippen LogP contribution is -2.53. The fourth-order valence-electron chi connectivity index (χ4n) is 1.63. The number of rotatable bonds is 3. The summed E-state index contributed by atoms with van der Waals surface area (Å²) in [5, 5.41) is 20.5. The van der Waals surface area contributed by atoms with Gasteiger partial charge in [0.2, 0.25) is 0 Å². The van der Waals surface area contributed by atoms with E-state index in [1.807, 2.05) is 0 Å². The van der Waals surface area contributed by atoms with Crippen molar-refractivity contribution in [2.45, 2.75) is 31.4 Å². The number of hydrogen-bond acceptors (Lipinski definition) is 4. The second-order valence-corrected chi connectivity index (χ2v) is 4.59. The number of piperidine rings is 1. The SMILES string of the molecule is CC(O)(CNC(=O)N1CCCC(N)C1)C(=O)O. The summed E-state index contributed by atoms with van der Waals surface area (Å²) in [7, 11) is 0. The first kappa shape index (κ1) is 13.7. The average molecular weight is 245 g/mol. The molecular weight excluding hydrogens is 226 g/mol. The zero-order valence-electron chi connectivity index (χ0n) is 9.85. The molecule has 7 heteroatoms. The molecule has 1 aliphatic heterocycles. The largest absolute Gasteiger partial charge is 0.479 e. The molecule has 2 atom stereocenters. The van der Waals surface area contributed by atoms with E-state index in [0.29, 0.717) is 13.1 Å². The number of aliphatic carboxylic acids is 1. The molecular formula is C10H19N3O4. The van der Waals surface area contributed by atoms with Gasteiger partial charge in [-0.1, -0.05) is 0 Å². The number of carbonyl (C=O) groups excluding carboxylic acids is 1. The normalized spacial score (nSPS) is 23.9. The van der Waals surface area contributed by atoms with E-state index < -0.39 is 11.6 Å². The van der Waals surface area contributed by atoms with Crippen LogP contribution >= 0.6 is 0 Å². The van der Waals surface area contributed by atoms with Gasteiger partial charge in [0.1, 0.15) is 0 Å². The molecule has 98 valence electrons. The van der Waals surface area contributed by atoms with Crippen LogP contribution in [-0.4, -0.2) is 58.4 Å². The Morgan fingerprint density at radius 2 is 2.24 bits per heavy atom. The Hall–Kier alpha value is -1.34. The van der Waals surface area contributed by atoms with E-state index in [4.69, 9.17) is 10.8 Å². The Bertz CT molecular complexity index is 306. The van der Waals surface area contributed by atoms with E-state index in [1.54, 1.807) is 0 Å². The lowest BCUT2D eigenvalue weighted by Gasteiger charge is -2.31. The van der Waals surface area contributed by atoms with E-state index >= 15 is 0 Å². The van der Waals surface area contributed by atoms with Crippen LogP contribution in [0, 0.1) is 0 Å². The Labute approximate surface area is 99.6 Å². The molecule has 0 saturated carbocycles. The zero-order chi connectivity index (χ0) is 13.1. The van der Waals surface area contributed by atoms with E-state index in [0.717, 1.165) is 19.8 Å². The second kappa shape index (κ2) is 5.33. The molecule has 0 radical (unpaired) electrons. The number of carbonyl (C=O) groups is 2. The molecule has 0 aromatic heterocycles. The van der Waals surface area contributed by atoms with Crippen molar-refractivity contribution in [3.05, 3.63) is 0 Å². The van der Waals surface area contributed by atoms with Gasteiger partial charge in [-0.3, -0.25) is 0 Å². The first-order valence-corrected chi connectivity index (χ1v) is 5.57. The van der Waals surface area contributed by atoms with Crippen molar-refractivity contribution in [2.75, 3.05) is 19.6 Å². The smallest absolute Gasteiger partial charge is 0.337 e. The molecule has 0 bridgehead atoms. The summed E-state index contributed by atoms with van der Waals surface area (Å²) >= 11 is 0. The molecule has 1 heterocycles. The molecule has 2 unspecified atom stereocenters. The Balaban J connectivity index is 2.41. The van der Waals surface area contributed by atoms with Gasteiger partial charge in [-0.15, -0.1) is 0 Å². The summed E-state index contributed by atoms with van der Waals surface area (Å²) < 4.78 is 0. The highest BCUT2D eigenvalue weighted by atomic mass is 16.4. The van der Waals surface area contributed by atoms with Gasteiger partial charge in [-0.05, 0) is 19.8 Å². The molecule has 1 rings (SSSR count). The van der Waals surface area contributed by atoms with Crippen LogP contribution in [0.1, 0.15) is 19.8 Å². The van der Waals surface area contributed by atoms with Gasteiger partial charge >= 0.3 is 12.0 Å². The first-order chi connectivity index (χ1) is 7.83. The predicted octanol–water partition coefficient (Wildman–Crippen LogP) is -1.05. The van der Waals surface area contributed by atoms with Crippen molar-refractivity contribution in [3.63, 3.8) is 0 Å². The minimum Gasteiger partial charge on any atom is -0.479 e. The molecule has 2 amide bonds. The number of carboxylic acids is 1. The van der Waals surface area contributed by atoms with E-state index in [9.17, 15) is 14.7 Å². The summed E-state index contributed by atoms with van der Waals surface area (Å²) in [6.45, 7) is 1.88. The highest BCUT2D eigenvalue weighted by molar-refractivity contribution is 5.79. The van der Waals surface area contributed by atoms with Crippen LogP contribution in [0.3, 0.4) is 0 Å². The molecule has 0 aliphatic carbocycles. The Morgan fingerprint density at radius 3 is 2.76 bits per heavy atom. The van der Waals surface area contributed by atoms with Crippen LogP contribution in [0.4, 0.5) is 4.79 Å². The van der Waals surface area contributed by atoms with Crippen LogP contribution in [-0.2, 0) is 4.79 Å². The van der Waals surface area contributed by atoms with Gasteiger partial charge in [0.15, 0.2) is 5.60 Å². The predicted molar refractivity (Wildman–Crippen MR) is 60.4 cm³/mol. The molecule has 0 aromatic carbocycles. The third-order valence-corrected chi connectivity index (χ3v) is 2.79. The van der Waals surface area contributed by atoms with E-state index in [2.05, 4.69) is 5.32 Å². The molecule has 1 saturated heterocycles. The number of aliphatic hydroxyl groups is 1. The van der Waals surface area contributed by atoms with Crippen LogP contribution < -0.4 is 11.1 Å². The number of nitrogens with one attached hydrogen (secondary N) is 1. The topological polar surface area (TPSA) is 116 Å². The van der Waals surface area contributed by atoms with Gasteiger partial charge in [0.05, 0.1) is 6.54 Å². The molecule has 17 heavy (non-hydrogen) atoms. The minimum atomic E-state index is -1.95. The van der Waals surface area contributed by atoms with Gasteiger partial charge in [0.25, 0.3) is 0 Å². The lowest BCUT2D eigenvalue weighted by atomic mass is 10.1. The lowest BCUT2D eigenvalue weighted by molar-refractivity contribution is -0.155. The summed E-state index contributed by atoms with van der Waals surface area (Å²) in [4.78, 5) is 23.8. The average Bonchev–Trinajstić information content (AvgIpc) is 2.25. The maximum atomic E-state index is 11.7. The number of likely N-dealkylation sites (tertiary alicyclic amines) is 1. The van der Waals surface area contributed by atoms with Crippen LogP contribution in [0.2, 0.25) is 0 Å². The molecule has 1 aliphatic rings. The van der Waals surface area contributed by atoms with Crippen molar-refractivity contribution in [2.24, 2.45) is 5.73 Å². The van der Waals surface area contributed by atoms with Gasteiger partial charge in [0, 0.05) is 19.1 Å². The fourth-order valence-corrected chi connectivity index (χ4v) is 1.63. The zero-order valence-corrected chi connectivity index (χ0v) is 9.85.